The van der Waals surface area contributed by atoms with Gasteiger partial charge in [0.2, 0.25) is 10.0 Å². The van der Waals surface area contributed by atoms with Gasteiger partial charge in [0, 0.05) is 20.5 Å². The number of halogens is 1. The van der Waals surface area contributed by atoms with Crippen molar-refractivity contribution in [3.05, 3.63) is 59.9 Å². The number of hydrogen-bond donors (Lipinski definition) is 0. The second-order valence-electron chi connectivity index (χ2n) is 5.61. The number of ether oxygens (including phenoxy) is 2. The highest BCUT2D eigenvalue weighted by Crippen LogP contribution is 2.16. The van der Waals surface area contributed by atoms with Crippen LogP contribution in [0.3, 0.4) is 0 Å². The Morgan fingerprint density at radius 1 is 1.08 bits per heavy atom. The van der Waals surface area contributed by atoms with Gasteiger partial charge < -0.3 is 9.47 Å². The maximum Gasteiger partial charge on any atom is 0.338 e. The Morgan fingerprint density at radius 3 is 2.42 bits per heavy atom. The summed E-state index contributed by atoms with van der Waals surface area (Å²) in [4.78, 5) is 12.1. The van der Waals surface area contributed by atoms with E-state index in [1.165, 1.54) is 62.6 Å². The van der Waals surface area contributed by atoms with Crippen molar-refractivity contribution in [2.45, 2.75) is 11.3 Å². The van der Waals surface area contributed by atoms with Crippen molar-refractivity contribution in [1.29, 1.82) is 0 Å². The van der Waals surface area contributed by atoms with Gasteiger partial charge in [-0.15, -0.1) is 0 Å². The Morgan fingerprint density at radius 2 is 1.77 bits per heavy atom. The fourth-order valence-corrected chi connectivity index (χ4v) is 2.97. The average Bonchev–Trinajstić information content (AvgIpc) is 2.62. The van der Waals surface area contributed by atoms with E-state index in [2.05, 4.69) is 0 Å². The minimum absolute atomic E-state index is 0.0246. The second-order valence-corrected chi connectivity index (χ2v) is 7.76. The zero-order valence-corrected chi connectivity index (χ0v) is 15.3. The molecule has 0 N–H and O–H groups in total. The molecular weight excluding hydrogens is 361 g/mol. The summed E-state index contributed by atoms with van der Waals surface area (Å²) in [6.07, 6.45) is 0.443. The molecule has 2 aromatic rings. The minimum Gasteiger partial charge on any atom is -0.493 e. The van der Waals surface area contributed by atoms with E-state index < -0.39 is 16.0 Å². The molecule has 0 fully saturated rings. The summed E-state index contributed by atoms with van der Waals surface area (Å²) in [7, 11) is -0.781. The number of carbonyl (C=O) groups excluding carboxylic acids is 1. The first-order valence-electron chi connectivity index (χ1n) is 7.89. The molecule has 0 bridgehead atoms. The highest BCUT2D eigenvalue weighted by molar-refractivity contribution is 7.89. The average molecular weight is 381 g/mol. The van der Waals surface area contributed by atoms with Crippen molar-refractivity contribution in [2.24, 2.45) is 0 Å². The fourth-order valence-electron chi connectivity index (χ4n) is 2.02. The van der Waals surface area contributed by atoms with Crippen LogP contribution in [0.4, 0.5) is 4.39 Å². The van der Waals surface area contributed by atoms with Gasteiger partial charge in [-0.25, -0.2) is 21.9 Å². The molecule has 0 aliphatic rings. The lowest BCUT2D eigenvalue weighted by Crippen LogP contribution is -2.22. The molecule has 0 atom stereocenters. The summed E-state index contributed by atoms with van der Waals surface area (Å²) < 4.78 is 48.6. The molecule has 140 valence electrons. The van der Waals surface area contributed by atoms with Crippen molar-refractivity contribution in [1.82, 2.24) is 4.31 Å². The monoisotopic (exact) mass is 381 g/mol. The molecule has 0 saturated heterocycles. The van der Waals surface area contributed by atoms with Crippen molar-refractivity contribution in [3.63, 3.8) is 0 Å². The van der Waals surface area contributed by atoms with Crippen LogP contribution in [0.15, 0.2) is 53.4 Å². The largest absolute Gasteiger partial charge is 0.493 e. The first-order chi connectivity index (χ1) is 12.3. The van der Waals surface area contributed by atoms with E-state index in [4.69, 9.17) is 9.47 Å². The van der Waals surface area contributed by atoms with Gasteiger partial charge in [0.15, 0.2) is 0 Å². The summed E-state index contributed by atoms with van der Waals surface area (Å²) in [6, 6.07) is 11.3. The number of hydrogen-bond acceptors (Lipinski definition) is 5. The van der Waals surface area contributed by atoms with Crippen molar-refractivity contribution in [3.8, 4) is 5.75 Å². The predicted molar refractivity (Wildman–Crippen MR) is 94.1 cm³/mol. The van der Waals surface area contributed by atoms with E-state index >= 15 is 0 Å². The first kappa shape index (κ1) is 19.9. The van der Waals surface area contributed by atoms with Gasteiger partial charge in [-0.3, -0.25) is 0 Å². The first-order valence-corrected chi connectivity index (χ1v) is 9.33. The third-order valence-corrected chi connectivity index (χ3v) is 5.26. The Bertz CT molecular complexity index is 850. The summed E-state index contributed by atoms with van der Waals surface area (Å²) in [6.45, 7) is 0.415. The maximum absolute atomic E-state index is 12.8. The smallest absolute Gasteiger partial charge is 0.338 e. The number of rotatable bonds is 8. The molecule has 8 heteroatoms. The van der Waals surface area contributed by atoms with E-state index in [1.807, 2.05) is 0 Å². The van der Waals surface area contributed by atoms with E-state index in [9.17, 15) is 17.6 Å². The second kappa shape index (κ2) is 8.77. The highest BCUT2D eigenvalue weighted by atomic mass is 32.2. The van der Waals surface area contributed by atoms with Crippen LogP contribution in [0.25, 0.3) is 0 Å². The standard InChI is InChI=1S/C18H20FNO5S/c1-20(2)26(22,23)17-6-3-5-14(13-17)18(21)25-12-4-11-24-16-9-7-15(19)8-10-16/h3,5-10,13H,4,11-12H2,1-2H3. The number of carbonyl (C=O) groups is 1. The van der Waals surface area contributed by atoms with Crippen LogP contribution < -0.4 is 4.74 Å². The highest BCUT2D eigenvalue weighted by Gasteiger charge is 2.19. The van der Waals surface area contributed by atoms with Gasteiger partial charge >= 0.3 is 5.97 Å². The van der Waals surface area contributed by atoms with Crippen LogP contribution in [0.1, 0.15) is 16.8 Å². The molecule has 2 rings (SSSR count). The molecule has 0 heterocycles. The molecule has 0 radical (unpaired) electrons. The molecule has 0 unspecified atom stereocenters. The van der Waals surface area contributed by atoms with Crippen molar-refractivity contribution >= 4 is 16.0 Å². The lowest BCUT2D eigenvalue weighted by Gasteiger charge is -2.12. The molecule has 0 spiro atoms. The lowest BCUT2D eigenvalue weighted by atomic mass is 10.2. The van der Waals surface area contributed by atoms with E-state index in [0.717, 1.165) is 4.31 Å². The van der Waals surface area contributed by atoms with Gasteiger partial charge in [0.25, 0.3) is 0 Å². The van der Waals surface area contributed by atoms with Gasteiger partial charge in [0.05, 0.1) is 23.7 Å². The summed E-state index contributed by atoms with van der Waals surface area (Å²) >= 11 is 0. The molecule has 0 aromatic heterocycles. The van der Waals surface area contributed by atoms with Crippen molar-refractivity contribution < 1.29 is 27.1 Å². The van der Waals surface area contributed by atoms with Crippen LogP contribution >= 0.6 is 0 Å². The quantitative estimate of drug-likeness (QED) is 0.519. The maximum atomic E-state index is 12.8. The Kier molecular flexibility index (Phi) is 6.70. The molecule has 0 aliphatic heterocycles. The molecule has 0 aliphatic carbocycles. The van der Waals surface area contributed by atoms with Gasteiger partial charge in [-0.05, 0) is 42.5 Å². The van der Waals surface area contributed by atoms with E-state index in [-0.39, 0.29) is 22.9 Å². The van der Waals surface area contributed by atoms with Crippen LogP contribution in [-0.4, -0.2) is 46.0 Å². The molecule has 0 amide bonds. The SMILES string of the molecule is CN(C)S(=O)(=O)c1cccc(C(=O)OCCCOc2ccc(F)cc2)c1. The van der Waals surface area contributed by atoms with Gasteiger partial charge in [0.1, 0.15) is 11.6 Å². The third-order valence-electron chi connectivity index (χ3n) is 3.45. The van der Waals surface area contributed by atoms with Crippen LogP contribution in [0, 0.1) is 5.82 Å². The Balaban J connectivity index is 1.83. The predicted octanol–water partition coefficient (Wildman–Crippen LogP) is 2.70. The van der Waals surface area contributed by atoms with Gasteiger partial charge in [-0.2, -0.15) is 0 Å². The van der Waals surface area contributed by atoms with Gasteiger partial charge in [-0.1, -0.05) is 6.07 Å². The molecular formula is C18H20FNO5S. The van der Waals surface area contributed by atoms with Crippen LogP contribution in [-0.2, 0) is 14.8 Å². The number of esters is 1. The van der Waals surface area contributed by atoms with E-state index in [1.54, 1.807) is 0 Å². The molecule has 2 aromatic carbocycles. The third kappa shape index (κ3) is 5.27. The topological polar surface area (TPSA) is 72.9 Å². The number of sulfonamides is 1. The zero-order valence-electron chi connectivity index (χ0n) is 14.5. The Labute approximate surface area is 152 Å². The summed E-state index contributed by atoms with van der Waals surface area (Å²) in [5, 5.41) is 0. The van der Waals surface area contributed by atoms with Crippen LogP contribution in [0.2, 0.25) is 0 Å². The van der Waals surface area contributed by atoms with Crippen LogP contribution in [0.5, 0.6) is 5.75 Å². The normalized spacial score (nSPS) is 11.4. The number of benzene rings is 2. The molecule has 0 saturated carbocycles. The Hall–Kier alpha value is -2.45. The number of nitrogens with zero attached hydrogens (tertiary/aromatic N) is 1. The summed E-state index contributed by atoms with van der Waals surface area (Å²) in [5.41, 5.74) is 0.160. The minimum atomic E-state index is -3.62. The molecule has 26 heavy (non-hydrogen) atoms. The molecule has 6 nitrogen and oxygen atoms in total. The lowest BCUT2D eigenvalue weighted by molar-refractivity contribution is 0.0485. The van der Waals surface area contributed by atoms with E-state index in [0.29, 0.717) is 18.8 Å². The van der Waals surface area contributed by atoms with Crippen molar-refractivity contribution in [2.75, 3.05) is 27.3 Å². The zero-order chi connectivity index (χ0) is 19.2. The summed E-state index contributed by atoms with van der Waals surface area (Å²) in [5.74, 6) is -0.424. The fraction of sp³-hybridized carbons (Fsp3) is 0.278.